The fourth-order valence-electron chi connectivity index (χ4n) is 3.30. The third-order valence-electron chi connectivity index (χ3n) is 4.48. The highest BCUT2D eigenvalue weighted by Gasteiger charge is 2.29. The lowest BCUT2D eigenvalue weighted by Crippen LogP contribution is -2.36. The van der Waals surface area contributed by atoms with Gasteiger partial charge in [0.05, 0.1) is 16.8 Å². The molecule has 0 bridgehead atoms. The van der Waals surface area contributed by atoms with Gasteiger partial charge < -0.3 is 0 Å². The smallest absolute Gasteiger partial charge is 0.243 e. The molecule has 0 N–H and O–H groups in total. The number of piperidine rings is 1. The predicted octanol–water partition coefficient (Wildman–Crippen LogP) is 1.57. The topological polar surface area (TPSA) is 74.8 Å². The first-order valence-corrected chi connectivity index (χ1v) is 11.2. The molecule has 0 aromatic heterocycles. The number of nitrogens with zero attached hydrogens (tertiary/aromatic N) is 2. The van der Waals surface area contributed by atoms with Crippen molar-refractivity contribution in [2.45, 2.75) is 37.0 Å². The number of benzene rings is 1. The van der Waals surface area contributed by atoms with E-state index in [0.29, 0.717) is 38.2 Å². The van der Waals surface area contributed by atoms with Gasteiger partial charge >= 0.3 is 0 Å². The molecule has 0 unspecified atom stereocenters. The van der Waals surface area contributed by atoms with Gasteiger partial charge in [-0.3, -0.25) is 4.31 Å². The normalized spacial score (nSPS) is 20.3. The molecule has 6 nitrogen and oxygen atoms in total. The van der Waals surface area contributed by atoms with Gasteiger partial charge in [0.2, 0.25) is 20.0 Å². The standard InChI is InChI=1S/C15H22N2O4S2/c1-22(18,19)17-11-5-6-13-12-14(7-8-15(13)17)23(20,21)16-9-3-2-4-10-16/h7-8,12H,2-6,9-11H2,1H3. The minimum Gasteiger partial charge on any atom is -0.270 e. The van der Waals surface area contributed by atoms with Crippen molar-refractivity contribution in [2.24, 2.45) is 0 Å². The molecule has 2 heterocycles. The number of aryl methyl sites for hydroxylation is 1. The van der Waals surface area contributed by atoms with E-state index in [1.807, 2.05) is 0 Å². The van der Waals surface area contributed by atoms with Crippen molar-refractivity contribution in [3.8, 4) is 0 Å². The van der Waals surface area contributed by atoms with Crippen LogP contribution in [-0.2, 0) is 26.5 Å². The minimum atomic E-state index is -3.48. The van der Waals surface area contributed by atoms with Gasteiger partial charge in [-0.15, -0.1) is 0 Å². The Balaban J connectivity index is 1.98. The summed E-state index contributed by atoms with van der Waals surface area (Å²) in [6, 6.07) is 4.81. The highest BCUT2D eigenvalue weighted by atomic mass is 32.2. The van der Waals surface area contributed by atoms with E-state index in [2.05, 4.69) is 0 Å². The first-order valence-electron chi connectivity index (χ1n) is 7.91. The Hall–Kier alpha value is -1.12. The Morgan fingerprint density at radius 1 is 0.913 bits per heavy atom. The molecule has 0 radical (unpaired) electrons. The van der Waals surface area contributed by atoms with E-state index in [1.54, 1.807) is 12.1 Å². The summed E-state index contributed by atoms with van der Waals surface area (Å²) in [4.78, 5) is 0.272. The van der Waals surface area contributed by atoms with Crippen molar-refractivity contribution >= 4 is 25.7 Å². The lowest BCUT2D eigenvalue weighted by molar-refractivity contribution is 0.346. The van der Waals surface area contributed by atoms with Gasteiger partial charge in [0, 0.05) is 19.6 Å². The largest absolute Gasteiger partial charge is 0.270 e. The van der Waals surface area contributed by atoms with Crippen molar-refractivity contribution in [3.63, 3.8) is 0 Å². The van der Waals surface area contributed by atoms with Crippen molar-refractivity contribution < 1.29 is 16.8 Å². The van der Waals surface area contributed by atoms with Gasteiger partial charge in [0.1, 0.15) is 0 Å². The van der Waals surface area contributed by atoms with Crippen LogP contribution in [0.1, 0.15) is 31.2 Å². The molecule has 128 valence electrons. The summed E-state index contributed by atoms with van der Waals surface area (Å²) in [5.74, 6) is 0. The molecule has 2 aliphatic rings. The summed E-state index contributed by atoms with van der Waals surface area (Å²) >= 11 is 0. The molecule has 3 rings (SSSR count). The Kier molecular flexibility index (Phi) is 4.41. The van der Waals surface area contributed by atoms with E-state index in [-0.39, 0.29) is 4.90 Å². The fraction of sp³-hybridized carbons (Fsp3) is 0.600. The molecule has 8 heteroatoms. The van der Waals surface area contributed by atoms with E-state index >= 15 is 0 Å². The average molecular weight is 358 g/mol. The molecular formula is C15H22N2O4S2. The lowest BCUT2D eigenvalue weighted by Gasteiger charge is -2.30. The van der Waals surface area contributed by atoms with Crippen LogP contribution >= 0.6 is 0 Å². The molecule has 1 aromatic carbocycles. The van der Waals surface area contributed by atoms with Crippen LogP contribution in [0.15, 0.2) is 23.1 Å². The van der Waals surface area contributed by atoms with Crippen molar-refractivity contribution in [2.75, 3.05) is 30.2 Å². The third-order valence-corrected chi connectivity index (χ3v) is 7.55. The summed E-state index contributed by atoms with van der Waals surface area (Å²) in [5.41, 5.74) is 1.40. The Bertz CT molecular complexity index is 797. The van der Waals surface area contributed by atoms with Crippen LogP contribution in [-0.4, -0.2) is 47.0 Å². The van der Waals surface area contributed by atoms with Gasteiger partial charge in [-0.25, -0.2) is 16.8 Å². The van der Waals surface area contributed by atoms with Crippen LogP contribution in [0, 0.1) is 0 Å². The molecule has 0 spiro atoms. The number of hydrogen-bond donors (Lipinski definition) is 0. The third kappa shape index (κ3) is 3.25. The van der Waals surface area contributed by atoms with Gasteiger partial charge in [-0.2, -0.15) is 4.31 Å². The summed E-state index contributed by atoms with van der Waals surface area (Å²) in [5, 5.41) is 0. The predicted molar refractivity (Wildman–Crippen MR) is 89.6 cm³/mol. The molecular weight excluding hydrogens is 336 g/mol. The summed E-state index contributed by atoms with van der Waals surface area (Å²) in [7, 11) is -6.82. The van der Waals surface area contributed by atoms with Crippen LogP contribution in [0.3, 0.4) is 0 Å². The first-order chi connectivity index (χ1) is 10.8. The zero-order valence-corrected chi connectivity index (χ0v) is 14.9. The van der Waals surface area contributed by atoms with Crippen molar-refractivity contribution in [1.82, 2.24) is 4.31 Å². The molecule has 1 fully saturated rings. The maximum Gasteiger partial charge on any atom is 0.243 e. The second-order valence-electron chi connectivity index (χ2n) is 6.19. The Morgan fingerprint density at radius 2 is 1.61 bits per heavy atom. The second kappa shape index (κ2) is 6.07. The average Bonchev–Trinajstić information content (AvgIpc) is 2.53. The molecule has 0 saturated carbocycles. The van der Waals surface area contributed by atoms with Crippen LogP contribution < -0.4 is 4.31 Å². The monoisotopic (exact) mass is 358 g/mol. The van der Waals surface area contributed by atoms with Crippen LogP contribution in [0.5, 0.6) is 0 Å². The molecule has 23 heavy (non-hydrogen) atoms. The highest BCUT2D eigenvalue weighted by Crippen LogP contribution is 2.32. The number of hydrogen-bond acceptors (Lipinski definition) is 4. The van der Waals surface area contributed by atoms with E-state index in [1.165, 1.54) is 20.9 Å². The molecule has 0 aliphatic carbocycles. The molecule has 0 atom stereocenters. The molecule has 1 aromatic rings. The molecule has 2 aliphatic heterocycles. The van der Waals surface area contributed by atoms with Gasteiger partial charge in [0.25, 0.3) is 0 Å². The maximum atomic E-state index is 12.7. The quantitative estimate of drug-likeness (QED) is 0.822. The first kappa shape index (κ1) is 16.7. The van der Waals surface area contributed by atoms with Gasteiger partial charge in [0.15, 0.2) is 0 Å². The zero-order chi connectivity index (χ0) is 16.7. The number of anilines is 1. The lowest BCUT2D eigenvalue weighted by atomic mass is 10.0. The minimum absolute atomic E-state index is 0.272. The number of rotatable bonds is 3. The summed E-state index contributed by atoms with van der Waals surface area (Å²) in [6.07, 6.45) is 5.44. The van der Waals surface area contributed by atoms with Crippen LogP contribution in [0.2, 0.25) is 0 Å². The fourth-order valence-corrected chi connectivity index (χ4v) is 5.86. The maximum absolute atomic E-state index is 12.7. The van der Waals surface area contributed by atoms with Crippen LogP contribution in [0.4, 0.5) is 5.69 Å². The van der Waals surface area contributed by atoms with Crippen molar-refractivity contribution in [1.29, 1.82) is 0 Å². The highest BCUT2D eigenvalue weighted by molar-refractivity contribution is 7.92. The number of sulfonamides is 2. The number of fused-ring (bicyclic) bond motifs is 1. The van der Waals surface area contributed by atoms with Crippen LogP contribution in [0.25, 0.3) is 0 Å². The van der Waals surface area contributed by atoms with Crippen molar-refractivity contribution in [3.05, 3.63) is 23.8 Å². The van der Waals surface area contributed by atoms with E-state index in [4.69, 9.17) is 0 Å². The SMILES string of the molecule is CS(=O)(=O)N1CCCc2cc(S(=O)(=O)N3CCCCC3)ccc21. The summed E-state index contributed by atoms with van der Waals surface area (Å²) in [6.45, 7) is 1.58. The Labute approximate surface area is 138 Å². The molecule has 0 amide bonds. The molecule has 1 saturated heterocycles. The van der Waals surface area contributed by atoms with E-state index < -0.39 is 20.0 Å². The van der Waals surface area contributed by atoms with Gasteiger partial charge in [-0.1, -0.05) is 6.42 Å². The second-order valence-corrected chi connectivity index (χ2v) is 10.0. The van der Waals surface area contributed by atoms with E-state index in [0.717, 1.165) is 24.8 Å². The van der Waals surface area contributed by atoms with Gasteiger partial charge in [-0.05, 0) is 49.4 Å². The van der Waals surface area contributed by atoms with E-state index in [9.17, 15) is 16.8 Å². The Morgan fingerprint density at radius 3 is 2.26 bits per heavy atom. The zero-order valence-electron chi connectivity index (χ0n) is 13.2. The summed E-state index contributed by atoms with van der Waals surface area (Å²) < 4.78 is 52.1.